The number of alkyl halides is 3. The molecule has 0 spiro atoms. The highest BCUT2D eigenvalue weighted by atomic mass is 19.4. The minimum Gasteiger partial charge on any atom is -0.696 e. The quantitative estimate of drug-likeness (QED) is 0.472. The van der Waals surface area contributed by atoms with Gasteiger partial charge in [0.05, 0.1) is 10.8 Å². The summed E-state index contributed by atoms with van der Waals surface area (Å²) in [5, 5.41) is 13.6. The molecule has 1 N–H and O–H groups in total. The van der Waals surface area contributed by atoms with Crippen LogP contribution in [-0.2, 0) is 6.18 Å². The average molecular weight is 219 g/mol. The summed E-state index contributed by atoms with van der Waals surface area (Å²) in [5.41, 5.74) is 1.86. The highest BCUT2D eigenvalue weighted by molar-refractivity contribution is 5.44. The molecule has 1 rings (SSSR count). The Balaban J connectivity index is 2.77. The first-order valence-electron chi connectivity index (χ1n) is 3.94. The van der Waals surface area contributed by atoms with Gasteiger partial charge < -0.3 is 5.21 Å². The van der Waals surface area contributed by atoms with Crippen molar-refractivity contribution in [1.29, 1.82) is 0 Å². The van der Waals surface area contributed by atoms with Crippen molar-refractivity contribution < 1.29 is 18.0 Å². The third-order valence-electron chi connectivity index (χ3n) is 1.53. The van der Waals surface area contributed by atoms with Crippen LogP contribution in [0.1, 0.15) is 5.56 Å². The molecule has 0 saturated carbocycles. The van der Waals surface area contributed by atoms with E-state index in [0.717, 1.165) is 19.2 Å². The topological polar surface area (TPSA) is 50.5 Å². The Bertz CT molecular complexity index is 354. The van der Waals surface area contributed by atoms with Crippen LogP contribution in [0.3, 0.4) is 0 Å². The average Bonchev–Trinajstić information content (AvgIpc) is 2.14. The number of hydrogen-bond acceptors (Lipinski definition) is 2. The van der Waals surface area contributed by atoms with E-state index in [4.69, 9.17) is 0 Å². The molecule has 0 aromatic heterocycles. The molecule has 0 unspecified atom stereocenters. The first-order valence-corrected chi connectivity index (χ1v) is 3.94. The third-order valence-corrected chi connectivity index (χ3v) is 1.53. The van der Waals surface area contributed by atoms with E-state index in [9.17, 15) is 18.4 Å². The fourth-order valence-corrected chi connectivity index (χ4v) is 0.862. The molecule has 7 heteroatoms. The van der Waals surface area contributed by atoms with Crippen molar-refractivity contribution in [2.45, 2.75) is 6.18 Å². The standard InChI is InChI=1S/C8H8F3N3O/c1-14(15)13-12-7-4-2-6(3-5-7)8(9,10)11/h2-5,12H,1H3/b14-13-. The van der Waals surface area contributed by atoms with Crippen LogP contribution in [-0.4, -0.2) is 11.9 Å². The van der Waals surface area contributed by atoms with Crippen molar-refractivity contribution in [3.05, 3.63) is 35.0 Å². The first-order chi connectivity index (χ1) is 6.89. The van der Waals surface area contributed by atoms with E-state index >= 15 is 0 Å². The Morgan fingerprint density at radius 1 is 1.27 bits per heavy atom. The monoisotopic (exact) mass is 219 g/mol. The Hall–Kier alpha value is -1.79. The van der Waals surface area contributed by atoms with E-state index in [-0.39, 0.29) is 4.86 Å². The molecule has 0 heterocycles. The zero-order valence-corrected chi connectivity index (χ0v) is 7.75. The SMILES string of the molecule is C/[N+]([O-])=N/Nc1ccc(C(F)(F)F)cc1. The lowest BCUT2D eigenvalue weighted by atomic mass is 10.2. The summed E-state index contributed by atoms with van der Waals surface area (Å²) in [6.07, 6.45) is -4.36. The molecule has 1 aromatic carbocycles. The van der Waals surface area contributed by atoms with Crippen LogP contribution in [0, 0.1) is 5.21 Å². The number of anilines is 1. The van der Waals surface area contributed by atoms with Crippen LogP contribution in [0.5, 0.6) is 0 Å². The van der Waals surface area contributed by atoms with Crippen LogP contribution >= 0.6 is 0 Å². The first kappa shape index (κ1) is 11.3. The molecule has 0 fully saturated rings. The summed E-state index contributed by atoms with van der Waals surface area (Å²) in [6, 6.07) is 4.19. The van der Waals surface area contributed by atoms with Gasteiger partial charge in [-0.1, -0.05) is 0 Å². The summed E-state index contributed by atoms with van der Waals surface area (Å²) in [6.45, 7) is 0. The summed E-state index contributed by atoms with van der Waals surface area (Å²) >= 11 is 0. The van der Waals surface area contributed by atoms with Crippen LogP contribution in [0.2, 0.25) is 0 Å². The Labute approximate surface area is 83.6 Å². The van der Waals surface area contributed by atoms with Crippen LogP contribution in [0.25, 0.3) is 0 Å². The minimum atomic E-state index is -4.36. The number of rotatable bonds is 2. The third kappa shape index (κ3) is 3.45. The van der Waals surface area contributed by atoms with Crippen molar-refractivity contribution in [2.75, 3.05) is 12.5 Å². The molecule has 0 bridgehead atoms. The molecule has 15 heavy (non-hydrogen) atoms. The summed E-state index contributed by atoms with van der Waals surface area (Å²) in [7, 11) is 1.15. The predicted octanol–water partition coefficient (Wildman–Crippen LogP) is 2.62. The van der Waals surface area contributed by atoms with Crippen molar-refractivity contribution in [2.24, 2.45) is 5.22 Å². The lowest BCUT2D eigenvalue weighted by Gasteiger charge is -2.05. The fraction of sp³-hybridized carbons (Fsp3) is 0.250. The zero-order chi connectivity index (χ0) is 11.5. The van der Waals surface area contributed by atoms with Gasteiger partial charge in [-0.3, -0.25) is 0 Å². The summed E-state index contributed by atoms with van der Waals surface area (Å²) < 4.78 is 36.4. The molecular weight excluding hydrogens is 211 g/mol. The van der Waals surface area contributed by atoms with E-state index in [2.05, 4.69) is 10.6 Å². The number of hydrogen-bond donors (Lipinski definition) is 1. The summed E-state index contributed by atoms with van der Waals surface area (Å²) in [5.74, 6) is 0. The molecule has 0 aliphatic carbocycles. The number of hydroxylamine groups is 1. The lowest BCUT2D eigenvalue weighted by molar-refractivity contribution is -0.497. The summed E-state index contributed by atoms with van der Waals surface area (Å²) in [4.78, 5) is 0.262. The van der Waals surface area contributed by atoms with Gasteiger partial charge in [0.25, 0.3) is 0 Å². The van der Waals surface area contributed by atoms with Gasteiger partial charge >= 0.3 is 6.18 Å². The van der Waals surface area contributed by atoms with E-state index in [0.29, 0.717) is 5.69 Å². The Morgan fingerprint density at radius 3 is 2.20 bits per heavy atom. The van der Waals surface area contributed by atoms with Gasteiger partial charge in [-0.05, 0) is 24.3 Å². The van der Waals surface area contributed by atoms with Crippen molar-refractivity contribution in [3.63, 3.8) is 0 Å². The van der Waals surface area contributed by atoms with Gasteiger partial charge in [-0.25, -0.2) is 0 Å². The van der Waals surface area contributed by atoms with E-state index in [1.165, 1.54) is 12.1 Å². The molecule has 4 nitrogen and oxygen atoms in total. The van der Waals surface area contributed by atoms with Crippen molar-refractivity contribution >= 4 is 5.69 Å². The normalized spacial score (nSPS) is 12.7. The number of nitrogens with one attached hydrogen (secondary N) is 1. The smallest absolute Gasteiger partial charge is 0.416 e. The van der Waals surface area contributed by atoms with Gasteiger partial charge in [0.2, 0.25) is 0 Å². The second kappa shape index (κ2) is 4.16. The van der Waals surface area contributed by atoms with E-state index < -0.39 is 11.7 Å². The maximum atomic E-state index is 12.1. The second-order valence-corrected chi connectivity index (χ2v) is 2.75. The van der Waals surface area contributed by atoms with E-state index in [1.807, 2.05) is 0 Å². The maximum absolute atomic E-state index is 12.1. The van der Waals surface area contributed by atoms with Crippen LogP contribution in [0.15, 0.2) is 29.5 Å². The van der Waals surface area contributed by atoms with Gasteiger partial charge in [-0.15, -0.1) is 5.43 Å². The predicted molar refractivity (Wildman–Crippen MR) is 47.0 cm³/mol. The highest BCUT2D eigenvalue weighted by Gasteiger charge is 2.30. The lowest BCUT2D eigenvalue weighted by Crippen LogP contribution is -2.04. The Kier molecular flexibility index (Phi) is 3.13. The zero-order valence-electron chi connectivity index (χ0n) is 7.75. The van der Waals surface area contributed by atoms with Crippen LogP contribution in [0.4, 0.5) is 18.9 Å². The number of nitrogens with zero attached hydrogens (tertiary/aromatic N) is 2. The molecule has 0 aliphatic heterocycles. The number of halogens is 3. The van der Waals surface area contributed by atoms with Gasteiger partial charge in [0.15, 0.2) is 0 Å². The van der Waals surface area contributed by atoms with Gasteiger partial charge in [0.1, 0.15) is 12.7 Å². The second-order valence-electron chi connectivity index (χ2n) is 2.75. The molecule has 0 atom stereocenters. The highest BCUT2D eigenvalue weighted by Crippen LogP contribution is 2.29. The molecule has 0 amide bonds. The molecule has 1 aromatic rings. The Morgan fingerprint density at radius 2 is 1.80 bits per heavy atom. The largest absolute Gasteiger partial charge is 0.696 e. The van der Waals surface area contributed by atoms with Gasteiger partial charge in [0, 0.05) is 0 Å². The van der Waals surface area contributed by atoms with Crippen molar-refractivity contribution in [3.8, 4) is 0 Å². The minimum absolute atomic E-state index is 0.262. The fourth-order valence-electron chi connectivity index (χ4n) is 0.862. The molecule has 82 valence electrons. The molecular formula is C8H8F3N3O. The molecule has 0 radical (unpaired) electrons. The maximum Gasteiger partial charge on any atom is 0.416 e. The number of benzene rings is 1. The molecule has 0 saturated heterocycles. The van der Waals surface area contributed by atoms with Crippen LogP contribution < -0.4 is 5.43 Å². The van der Waals surface area contributed by atoms with E-state index in [1.54, 1.807) is 0 Å². The molecule has 0 aliphatic rings. The van der Waals surface area contributed by atoms with Gasteiger partial charge in [-0.2, -0.15) is 18.0 Å². The van der Waals surface area contributed by atoms with Crippen molar-refractivity contribution in [1.82, 2.24) is 0 Å².